The van der Waals surface area contributed by atoms with Crippen LogP contribution in [0.5, 0.6) is 5.75 Å². The molecule has 5 rings (SSSR count). The van der Waals surface area contributed by atoms with Gasteiger partial charge in [0.25, 0.3) is 0 Å². The summed E-state index contributed by atoms with van der Waals surface area (Å²) in [5.74, 6) is 0.112. The first kappa shape index (κ1) is 20.9. The van der Waals surface area contributed by atoms with Crippen LogP contribution in [-0.2, 0) is 0 Å². The summed E-state index contributed by atoms with van der Waals surface area (Å²) in [6.07, 6.45) is 4.25. The van der Waals surface area contributed by atoms with Gasteiger partial charge < -0.3 is 14.5 Å². The zero-order valence-corrected chi connectivity index (χ0v) is 18.8. The number of hydrogen-bond donors (Lipinski definition) is 1. The van der Waals surface area contributed by atoms with Crippen molar-refractivity contribution in [2.45, 2.75) is 19.5 Å². The first-order valence-electron chi connectivity index (χ1n) is 10.6. The van der Waals surface area contributed by atoms with E-state index in [1.165, 1.54) is 7.11 Å². The maximum Gasteiger partial charge on any atom is 0.321 e. The largest absolute Gasteiger partial charge is 0.494 e. The number of halogens is 1. The van der Waals surface area contributed by atoms with E-state index >= 15 is 0 Å². The zero-order valence-electron chi connectivity index (χ0n) is 18.8. The average Bonchev–Trinajstić information content (AvgIpc) is 3.40. The summed E-state index contributed by atoms with van der Waals surface area (Å²) in [6.45, 7) is 2.40. The number of pyridine rings is 1. The minimum absolute atomic E-state index is 0.0490. The van der Waals surface area contributed by atoms with Gasteiger partial charge in [-0.2, -0.15) is 10.2 Å². The lowest BCUT2D eigenvalue weighted by molar-refractivity contribution is 0.0478. The monoisotopic (exact) mass is 449 g/mol. The predicted octanol–water partition coefficient (Wildman–Crippen LogP) is 3.83. The number of urea groups is 1. The third kappa shape index (κ3) is 3.38. The standard InChI is InChI=1S/C23H24FN7O2/c1-13-6-5-7-15(19(13)24)21-17(33-4)10-16-22(26-21)20(28-27-16)14-11-25-31(12-14)18-8-9-30(18)23(32)29(2)3/h5-7,10-12,18H,8-9H2,1-4H3,(H,27,28). The van der Waals surface area contributed by atoms with Gasteiger partial charge >= 0.3 is 6.03 Å². The van der Waals surface area contributed by atoms with E-state index in [-0.39, 0.29) is 18.0 Å². The summed E-state index contributed by atoms with van der Waals surface area (Å²) < 4.78 is 22.1. The first-order chi connectivity index (χ1) is 15.9. The Morgan fingerprint density at radius 2 is 2.12 bits per heavy atom. The fourth-order valence-electron chi connectivity index (χ4n) is 4.06. The molecule has 4 heterocycles. The van der Waals surface area contributed by atoms with Gasteiger partial charge in [0.05, 0.1) is 18.8 Å². The number of likely N-dealkylation sites (tertiary alicyclic amines) is 1. The second kappa shape index (κ2) is 7.88. The van der Waals surface area contributed by atoms with Crippen LogP contribution in [0.25, 0.3) is 33.5 Å². The Hall–Kier alpha value is -3.95. The number of ether oxygens (including phenoxy) is 1. The second-order valence-corrected chi connectivity index (χ2v) is 8.29. The molecule has 0 radical (unpaired) electrons. The Bertz CT molecular complexity index is 1360. The first-order valence-corrected chi connectivity index (χ1v) is 10.6. The number of rotatable bonds is 4. The van der Waals surface area contributed by atoms with Crippen molar-refractivity contribution in [1.29, 1.82) is 0 Å². The number of aryl methyl sites for hydroxylation is 1. The number of hydrogen-bond acceptors (Lipinski definition) is 5. The van der Waals surface area contributed by atoms with Crippen LogP contribution < -0.4 is 4.74 Å². The van der Waals surface area contributed by atoms with Crippen LogP contribution in [0, 0.1) is 12.7 Å². The molecule has 33 heavy (non-hydrogen) atoms. The lowest BCUT2D eigenvalue weighted by Crippen LogP contribution is -2.51. The van der Waals surface area contributed by atoms with Crippen LogP contribution in [-0.4, -0.2) is 68.5 Å². The van der Waals surface area contributed by atoms with E-state index in [0.717, 1.165) is 12.0 Å². The van der Waals surface area contributed by atoms with Crippen LogP contribution in [0.4, 0.5) is 9.18 Å². The molecule has 1 unspecified atom stereocenters. The number of fused-ring (bicyclic) bond motifs is 1. The van der Waals surface area contributed by atoms with Gasteiger partial charge in [-0.3, -0.25) is 5.10 Å². The van der Waals surface area contributed by atoms with Crippen molar-refractivity contribution in [3.63, 3.8) is 0 Å². The van der Waals surface area contributed by atoms with Crippen molar-refractivity contribution in [3.05, 3.63) is 48.0 Å². The number of carbonyl (C=O) groups excluding carboxylic acids is 1. The molecule has 9 nitrogen and oxygen atoms in total. The molecule has 1 atom stereocenters. The van der Waals surface area contributed by atoms with E-state index in [9.17, 15) is 9.18 Å². The van der Waals surface area contributed by atoms with Crippen LogP contribution in [0.15, 0.2) is 36.7 Å². The molecule has 4 aromatic rings. The van der Waals surface area contributed by atoms with Crippen molar-refractivity contribution in [2.24, 2.45) is 0 Å². The highest BCUT2D eigenvalue weighted by molar-refractivity contribution is 5.92. The van der Waals surface area contributed by atoms with Gasteiger partial charge in [0.1, 0.15) is 34.6 Å². The molecule has 170 valence electrons. The predicted molar refractivity (Wildman–Crippen MR) is 121 cm³/mol. The summed E-state index contributed by atoms with van der Waals surface area (Å²) in [5, 5.41) is 11.9. The van der Waals surface area contributed by atoms with E-state index < -0.39 is 0 Å². The van der Waals surface area contributed by atoms with Crippen molar-refractivity contribution in [3.8, 4) is 28.3 Å². The lowest BCUT2D eigenvalue weighted by Gasteiger charge is -2.41. The van der Waals surface area contributed by atoms with Crippen molar-refractivity contribution >= 4 is 17.1 Å². The van der Waals surface area contributed by atoms with Crippen molar-refractivity contribution < 1.29 is 13.9 Å². The van der Waals surface area contributed by atoms with Crippen LogP contribution in [0.1, 0.15) is 18.2 Å². The number of amides is 2. The fourth-order valence-corrected chi connectivity index (χ4v) is 4.06. The molecule has 1 aromatic carbocycles. The minimum Gasteiger partial charge on any atom is -0.494 e. The second-order valence-electron chi connectivity index (χ2n) is 8.29. The van der Waals surface area contributed by atoms with Crippen molar-refractivity contribution in [1.82, 2.24) is 34.8 Å². The van der Waals surface area contributed by atoms with Crippen LogP contribution in [0.3, 0.4) is 0 Å². The highest BCUT2D eigenvalue weighted by atomic mass is 19.1. The van der Waals surface area contributed by atoms with E-state index in [2.05, 4.69) is 15.3 Å². The SMILES string of the molecule is COc1cc2[nH]nc(-c3cnn(C4CCN4C(=O)N(C)C)c3)c2nc1-c1cccc(C)c1F. The van der Waals surface area contributed by atoms with Crippen LogP contribution in [0.2, 0.25) is 0 Å². The number of carbonyl (C=O) groups is 1. The lowest BCUT2D eigenvalue weighted by atomic mass is 10.1. The molecule has 2 amide bonds. The third-order valence-electron chi connectivity index (χ3n) is 5.96. The highest BCUT2D eigenvalue weighted by Crippen LogP contribution is 2.36. The Kier molecular flexibility index (Phi) is 4.99. The maximum absolute atomic E-state index is 14.9. The molecule has 1 aliphatic rings. The molecular weight excluding hydrogens is 425 g/mol. The Balaban J connectivity index is 1.55. The molecule has 1 saturated heterocycles. The number of nitrogens with zero attached hydrogens (tertiary/aromatic N) is 6. The molecule has 1 fully saturated rings. The number of methoxy groups -OCH3 is 1. The Morgan fingerprint density at radius 3 is 2.82 bits per heavy atom. The third-order valence-corrected chi connectivity index (χ3v) is 5.96. The summed E-state index contributed by atoms with van der Waals surface area (Å²) in [6, 6.07) is 6.91. The molecule has 0 saturated carbocycles. The number of H-pyrrole nitrogens is 1. The van der Waals surface area contributed by atoms with Gasteiger partial charge in [-0.1, -0.05) is 12.1 Å². The Morgan fingerprint density at radius 1 is 1.30 bits per heavy atom. The van der Waals surface area contributed by atoms with Gasteiger partial charge in [0.15, 0.2) is 0 Å². The number of aromatic amines is 1. The molecule has 10 heteroatoms. The van der Waals surface area contributed by atoms with E-state index in [1.54, 1.807) is 66.0 Å². The minimum atomic E-state index is -0.337. The summed E-state index contributed by atoms with van der Waals surface area (Å²) in [5.41, 5.74) is 3.90. The fraction of sp³-hybridized carbons (Fsp3) is 0.304. The van der Waals surface area contributed by atoms with Gasteiger partial charge in [-0.05, 0) is 18.6 Å². The maximum atomic E-state index is 14.9. The van der Waals surface area contributed by atoms with Crippen molar-refractivity contribution in [2.75, 3.05) is 27.7 Å². The molecule has 1 aliphatic heterocycles. The summed E-state index contributed by atoms with van der Waals surface area (Å²) in [7, 11) is 4.99. The topological polar surface area (TPSA) is 92.2 Å². The van der Waals surface area contributed by atoms with Gasteiger partial charge in [-0.15, -0.1) is 0 Å². The Labute approximate surface area is 189 Å². The quantitative estimate of drug-likeness (QED) is 0.511. The van der Waals surface area contributed by atoms with Gasteiger partial charge in [0.2, 0.25) is 0 Å². The van der Waals surface area contributed by atoms with Gasteiger partial charge in [-0.25, -0.2) is 18.9 Å². The average molecular weight is 449 g/mol. The number of benzene rings is 1. The smallest absolute Gasteiger partial charge is 0.321 e. The number of nitrogens with one attached hydrogen (secondary N) is 1. The molecule has 0 bridgehead atoms. The molecule has 3 aromatic heterocycles. The van der Waals surface area contributed by atoms with E-state index in [4.69, 9.17) is 9.72 Å². The van der Waals surface area contributed by atoms with Crippen LogP contribution >= 0.6 is 0 Å². The van der Waals surface area contributed by atoms with Gasteiger partial charge in [0, 0.05) is 50.5 Å². The number of aromatic nitrogens is 5. The summed E-state index contributed by atoms with van der Waals surface area (Å²) in [4.78, 5) is 20.4. The molecule has 1 N–H and O–H groups in total. The molecule has 0 spiro atoms. The molecular formula is C23H24FN7O2. The zero-order chi connectivity index (χ0) is 23.3. The normalized spacial score (nSPS) is 15.5. The molecule has 0 aliphatic carbocycles. The van der Waals surface area contributed by atoms with E-state index in [0.29, 0.717) is 45.8 Å². The summed E-state index contributed by atoms with van der Waals surface area (Å²) >= 11 is 0. The van der Waals surface area contributed by atoms with E-state index in [1.807, 2.05) is 6.20 Å². The highest BCUT2D eigenvalue weighted by Gasteiger charge is 2.35.